The average Bonchev–Trinajstić information content (AvgIpc) is 3.29. The van der Waals surface area contributed by atoms with Crippen molar-refractivity contribution in [1.29, 1.82) is 0 Å². The molecule has 1 saturated heterocycles. The first kappa shape index (κ1) is 14.9. The summed E-state index contributed by atoms with van der Waals surface area (Å²) in [5, 5.41) is 8.93. The van der Waals surface area contributed by atoms with Gasteiger partial charge in [-0.25, -0.2) is 13.6 Å². The van der Waals surface area contributed by atoms with Gasteiger partial charge in [-0.3, -0.25) is 4.79 Å². The first-order valence-electron chi connectivity index (χ1n) is 7.06. The minimum Gasteiger partial charge on any atom is -0.479 e. The molecular formula is C15H15F2NO4. The van der Waals surface area contributed by atoms with Gasteiger partial charge in [-0.05, 0) is 24.0 Å². The zero-order valence-corrected chi connectivity index (χ0v) is 11.7. The summed E-state index contributed by atoms with van der Waals surface area (Å²) in [6.07, 6.45) is -0.574. The molecular weight excluding hydrogens is 296 g/mol. The predicted molar refractivity (Wildman–Crippen MR) is 71.2 cm³/mol. The van der Waals surface area contributed by atoms with Crippen LogP contribution >= 0.6 is 0 Å². The molecule has 0 aromatic heterocycles. The van der Waals surface area contributed by atoms with E-state index in [1.807, 2.05) is 0 Å². The molecule has 0 bridgehead atoms. The van der Waals surface area contributed by atoms with Crippen molar-refractivity contribution in [3.05, 3.63) is 35.4 Å². The lowest BCUT2D eigenvalue weighted by Gasteiger charge is -2.31. The normalized spacial score (nSPS) is 27.5. The fraction of sp³-hybridized carbons (Fsp3) is 0.467. The van der Waals surface area contributed by atoms with E-state index in [9.17, 15) is 18.4 Å². The van der Waals surface area contributed by atoms with Gasteiger partial charge in [-0.2, -0.15) is 0 Å². The van der Waals surface area contributed by atoms with E-state index in [4.69, 9.17) is 9.84 Å². The number of carboxylic acid groups (broad SMARTS) is 1. The second kappa shape index (κ2) is 5.64. The number of morpholine rings is 1. The molecule has 1 saturated carbocycles. The first-order valence-corrected chi connectivity index (χ1v) is 7.06. The highest BCUT2D eigenvalue weighted by Crippen LogP contribution is 2.49. The number of nitrogens with zero attached hydrogens (tertiary/aromatic N) is 1. The van der Waals surface area contributed by atoms with E-state index < -0.39 is 29.6 Å². The first-order chi connectivity index (χ1) is 10.5. The lowest BCUT2D eigenvalue weighted by Crippen LogP contribution is -2.49. The molecule has 1 heterocycles. The number of hydrogen-bond acceptors (Lipinski definition) is 3. The van der Waals surface area contributed by atoms with E-state index in [0.717, 1.165) is 6.07 Å². The second-order valence-electron chi connectivity index (χ2n) is 5.57. The third-order valence-corrected chi connectivity index (χ3v) is 4.14. The van der Waals surface area contributed by atoms with Gasteiger partial charge in [0.05, 0.1) is 13.2 Å². The fourth-order valence-electron chi connectivity index (χ4n) is 2.85. The zero-order chi connectivity index (χ0) is 15.9. The van der Waals surface area contributed by atoms with Crippen molar-refractivity contribution in [3.8, 4) is 0 Å². The van der Waals surface area contributed by atoms with Crippen LogP contribution in [0, 0.1) is 17.6 Å². The van der Waals surface area contributed by atoms with E-state index in [1.54, 1.807) is 0 Å². The predicted octanol–water partition coefficient (Wildman–Crippen LogP) is 1.38. The molecule has 3 atom stereocenters. The highest BCUT2D eigenvalue weighted by atomic mass is 19.2. The highest BCUT2D eigenvalue weighted by molar-refractivity contribution is 5.84. The summed E-state index contributed by atoms with van der Waals surface area (Å²) < 4.78 is 32.0. The summed E-state index contributed by atoms with van der Waals surface area (Å²) in [6.45, 7) is 0.467. The van der Waals surface area contributed by atoms with Gasteiger partial charge in [0.1, 0.15) is 0 Å². The molecule has 2 aliphatic rings. The number of carboxylic acids is 1. The molecule has 5 nitrogen and oxygen atoms in total. The topological polar surface area (TPSA) is 66.8 Å². The molecule has 3 unspecified atom stereocenters. The Kier molecular flexibility index (Phi) is 3.82. The van der Waals surface area contributed by atoms with Crippen molar-refractivity contribution in [2.24, 2.45) is 5.92 Å². The van der Waals surface area contributed by atoms with Crippen LogP contribution in [0.4, 0.5) is 8.78 Å². The number of amides is 1. The molecule has 1 amide bonds. The van der Waals surface area contributed by atoms with Crippen LogP contribution in [0.25, 0.3) is 0 Å². The number of rotatable bonds is 3. The Morgan fingerprint density at radius 3 is 2.82 bits per heavy atom. The standard InChI is InChI=1S/C15H15F2NO4/c16-11-3-1-2-8(13(11)17)9-6-10(9)14(19)18-4-5-22-12(7-18)15(20)21/h1-3,9-10,12H,4-7H2,(H,20,21). The van der Waals surface area contributed by atoms with Crippen LogP contribution in [-0.2, 0) is 14.3 Å². The maximum absolute atomic E-state index is 13.7. The van der Waals surface area contributed by atoms with Crippen LogP contribution in [0.2, 0.25) is 0 Å². The van der Waals surface area contributed by atoms with Crippen molar-refractivity contribution >= 4 is 11.9 Å². The number of carbonyl (C=O) groups excluding carboxylic acids is 1. The Bertz CT molecular complexity index is 622. The molecule has 3 rings (SSSR count). The van der Waals surface area contributed by atoms with Gasteiger partial charge < -0.3 is 14.7 Å². The van der Waals surface area contributed by atoms with E-state index >= 15 is 0 Å². The summed E-state index contributed by atoms with van der Waals surface area (Å²) in [4.78, 5) is 24.7. The molecule has 1 N–H and O–H groups in total. The van der Waals surface area contributed by atoms with E-state index in [1.165, 1.54) is 17.0 Å². The van der Waals surface area contributed by atoms with E-state index in [0.29, 0.717) is 13.0 Å². The fourth-order valence-corrected chi connectivity index (χ4v) is 2.85. The molecule has 1 aliphatic carbocycles. The monoisotopic (exact) mass is 311 g/mol. The van der Waals surface area contributed by atoms with Gasteiger partial charge in [0.15, 0.2) is 17.7 Å². The van der Waals surface area contributed by atoms with Gasteiger partial charge in [-0.1, -0.05) is 12.1 Å². The molecule has 2 fully saturated rings. The molecule has 0 radical (unpaired) electrons. The van der Waals surface area contributed by atoms with Crippen LogP contribution in [0.1, 0.15) is 17.9 Å². The van der Waals surface area contributed by atoms with Crippen LogP contribution in [-0.4, -0.2) is 47.7 Å². The number of halogens is 2. The Morgan fingerprint density at radius 2 is 2.09 bits per heavy atom. The van der Waals surface area contributed by atoms with Gasteiger partial charge >= 0.3 is 5.97 Å². The number of aliphatic carboxylic acids is 1. The number of carbonyl (C=O) groups is 2. The van der Waals surface area contributed by atoms with Crippen molar-refractivity contribution in [3.63, 3.8) is 0 Å². The summed E-state index contributed by atoms with van der Waals surface area (Å²) >= 11 is 0. The Balaban J connectivity index is 1.68. The summed E-state index contributed by atoms with van der Waals surface area (Å²) in [6, 6.07) is 3.94. The second-order valence-corrected chi connectivity index (χ2v) is 5.57. The molecule has 1 aromatic rings. The lowest BCUT2D eigenvalue weighted by molar-refractivity contribution is -0.159. The summed E-state index contributed by atoms with van der Waals surface area (Å²) in [7, 11) is 0. The molecule has 7 heteroatoms. The quantitative estimate of drug-likeness (QED) is 0.916. The maximum atomic E-state index is 13.7. The SMILES string of the molecule is O=C(O)C1CN(C(=O)C2CC2c2cccc(F)c2F)CCO1. The molecule has 1 aliphatic heterocycles. The van der Waals surface area contributed by atoms with Crippen LogP contribution in [0.5, 0.6) is 0 Å². The third-order valence-electron chi connectivity index (χ3n) is 4.14. The Labute approximate surface area is 125 Å². The number of ether oxygens (including phenoxy) is 1. The molecule has 1 aromatic carbocycles. The number of hydrogen-bond donors (Lipinski definition) is 1. The average molecular weight is 311 g/mol. The lowest BCUT2D eigenvalue weighted by atomic mass is 10.1. The van der Waals surface area contributed by atoms with Crippen LogP contribution in [0.15, 0.2) is 18.2 Å². The third kappa shape index (κ3) is 2.68. The molecule has 22 heavy (non-hydrogen) atoms. The minimum absolute atomic E-state index is 0.0109. The maximum Gasteiger partial charge on any atom is 0.334 e. The minimum atomic E-state index is -1.11. The van der Waals surface area contributed by atoms with Crippen molar-refractivity contribution in [2.75, 3.05) is 19.7 Å². The summed E-state index contributed by atoms with van der Waals surface area (Å²) in [5.74, 6) is -3.91. The Hall–Kier alpha value is -2.02. The van der Waals surface area contributed by atoms with Gasteiger partial charge in [0, 0.05) is 12.5 Å². The van der Waals surface area contributed by atoms with Crippen LogP contribution in [0.3, 0.4) is 0 Å². The molecule has 0 spiro atoms. The van der Waals surface area contributed by atoms with Gasteiger partial charge in [0.2, 0.25) is 5.91 Å². The van der Waals surface area contributed by atoms with Crippen molar-refractivity contribution in [1.82, 2.24) is 4.90 Å². The van der Waals surface area contributed by atoms with Crippen molar-refractivity contribution < 1.29 is 28.2 Å². The summed E-state index contributed by atoms with van der Waals surface area (Å²) in [5.41, 5.74) is 0.210. The smallest absolute Gasteiger partial charge is 0.334 e. The van der Waals surface area contributed by atoms with Gasteiger partial charge in [-0.15, -0.1) is 0 Å². The Morgan fingerprint density at radius 1 is 1.32 bits per heavy atom. The highest BCUT2D eigenvalue weighted by Gasteiger charge is 2.48. The van der Waals surface area contributed by atoms with Crippen molar-refractivity contribution in [2.45, 2.75) is 18.4 Å². The number of benzene rings is 1. The van der Waals surface area contributed by atoms with Gasteiger partial charge in [0.25, 0.3) is 0 Å². The van der Waals surface area contributed by atoms with E-state index in [2.05, 4.69) is 0 Å². The van der Waals surface area contributed by atoms with E-state index in [-0.39, 0.29) is 30.5 Å². The zero-order valence-electron chi connectivity index (χ0n) is 11.7. The van der Waals surface area contributed by atoms with Crippen LogP contribution < -0.4 is 0 Å². The molecule has 118 valence electrons. The largest absolute Gasteiger partial charge is 0.479 e.